The van der Waals surface area contributed by atoms with Crippen LogP contribution in [0.1, 0.15) is 32.9 Å². The van der Waals surface area contributed by atoms with E-state index < -0.39 is 0 Å². The number of amides is 1. The van der Waals surface area contributed by atoms with E-state index in [1.165, 1.54) is 0 Å². The van der Waals surface area contributed by atoms with Crippen LogP contribution < -0.4 is 5.32 Å². The Labute approximate surface area is 208 Å². The number of para-hydroxylation sites is 1. The number of aryl methyl sites for hydroxylation is 1. The summed E-state index contributed by atoms with van der Waals surface area (Å²) in [4.78, 5) is 18.3. The Morgan fingerprint density at radius 2 is 1.75 bits per heavy atom. The van der Waals surface area contributed by atoms with E-state index in [0.717, 1.165) is 22.2 Å². The SMILES string of the molecule is Cc1nn(Cc2ccc(C#N)cc2)c(C)c1NC(=O)c1cc(-c2ccc(O)cc2)nc2ccccc12. The van der Waals surface area contributed by atoms with E-state index in [-0.39, 0.29) is 11.7 Å². The number of phenolic OH excluding ortho intramolecular Hbond substituents is 1. The first-order valence-corrected chi connectivity index (χ1v) is 11.5. The molecule has 2 aromatic heterocycles. The summed E-state index contributed by atoms with van der Waals surface area (Å²) in [7, 11) is 0. The molecule has 0 aliphatic rings. The molecule has 1 amide bonds. The highest BCUT2D eigenvalue weighted by Crippen LogP contribution is 2.28. The number of pyridine rings is 1. The number of aromatic nitrogens is 3. The molecule has 176 valence electrons. The second kappa shape index (κ2) is 9.35. The first-order valence-electron chi connectivity index (χ1n) is 11.5. The Morgan fingerprint density at radius 3 is 2.47 bits per heavy atom. The molecule has 7 heteroatoms. The second-order valence-corrected chi connectivity index (χ2v) is 8.59. The van der Waals surface area contributed by atoms with Crippen LogP contribution >= 0.6 is 0 Å². The van der Waals surface area contributed by atoms with Crippen LogP contribution in [0, 0.1) is 25.2 Å². The number of anilines is 1. The first-order chi connectivity index (χ1) is 17.4. The van der Waals surface area contributed by atoms with Crippen LogP contribution in [0.5, 0.6) is 5.75 Å². The molecule has 0 radical (unpaired) electrons. The fourth-order valence-electron chi connectivity index (χ4n) is 4.21. The van der Waals surface area contributed by atoms with Crippen molar-refractivity contribution in [3.8, 4) is 23.1 Å². The molecule has 0 aliphatic carbocycles. The highest BCUT2D eigenvalue weighted by Gasteiger charge is 2.19. The van der Waals surface area contributed by atoms with Crippen molar-refractivity contribution in [1.82, 2.24) is 14.8 Å². The van der Waals surface area contributed by atoms with E-state index in [4.69, 9.17) is 10.2 Å². The number of rotatable bonds is 5. The predicted octanol–water partition coefficient (Wildman–Crippen LogP) is 5.59. The minimum absolute atomic E-state index is 0.168. The van der Waals surface area contributed by atoms with Crippen LogP contribution in [0.3, 0.4) is 0 Å². The predicted molar refractivity (Wildman–Crippen MR) is 139 cm³/mol. The Hall–Kier alpha value is -4.96. The van der Waals surface area contributed by atoms with Crippen molar-refractivity contribution in [2.75, 3.05) is 5.32 Å². The molecule has 0 saturated carbocycles. The lowest BCUT2D eigenvalue weighted by molar-refractivity contribution is 0.102. The molecule has 0 fully saturated rings. The lowest BCUT2D eigenvalue weighted by Gasteiger charge is -2.11. The maximum absolute atomic E-state index is 13.6. The van der Waals surface area contributed by atoms with E-state index in [9.17, 15) is 9.90 Å². The van der Waals surface area contributed by atoms with Crippen molar-refractivity contribution in [1.29, 1.82) is 5.26 Å². The van der Waals surface area contributed by atoms with E-state index >= 15 is 0 Å². The molecule has 0 aliphatic heterocycles. The molecule has 5 aromatic rings. The Balaban J connectivity index is 1.48. The smallest absolute Gasteiger partial charge is 0.256 e. The average molecular weight is 474 g/mol. The van der Waals surface area contributed by atoms with Gasteiger partial charge in [0.1, 0.15) is 5.75 Å². The number of benzene rings is 3. The van der Waals surface area contributed by atoms with Gasteiger partial charge in [0.15, 0.2) is 0 Å². The standard InChI is InChI=1S/C29H23N5O2/c1-18-28(19(2)34(33-18)17-21-9-7-20(16-30)8-10-21)32-29(36)25-15-27(22-11-13-23(35)14-12-22)31-26-6-4-3-5-24(25)26/h3-15,35H,17H2,1-2H3,(H,32,36). The quantitative estimate of drug-likeness (QED) is 0.346. The molecule has 3 aromatic carbocycles. The number of phenols is 1. The van der Waals surface area contributed by atoms with Crippen LogP contribution in [0.2, 0.25) is 0 Å². The monoisotopic (exact) mass is 473 g/mol. The van der Waals surface area contributed by atoms with Gasteiger partial charge in [-0.1, -0.05) is 30.3 Å². The van der Waals surface area contributed by atoms with Crippen LogP contribution in [0.4, 0.5) is 5.69 Å². The third-order valence-corrected chi connectivity index (χ3v) is 6.16. The number of fused-ring (bicyclic) bond motifs is 1. The number of nitrogens with zero attached hydrogens (tertiary/aromatic N) is 4. The lowest BCUT2D eigenvalue weighted by Crippen LogP contribution is -2.14. The summed E-state index contributed by atoms with van der Waals surface area (Å²) < 4.78 is 1.85. The molecule has 0 saturated heterocycles. The van der Waals surface area contributed by atoms with Gasteiger partial charge in [0.25, 0.3) is 5.91 Å². The van der Waals surface area contributed by atoms with Gasteiger partial charge in [-0.05, 0) is 67.9 Å². The first kappa shape index (κ1) is 22.8. The zero-order chi connectivity index (χ0) is 25.2. The van der Waals surface area contributed by atoms with Gasteiger partial charge in [-0.15, -0.1) is 0 Å². The summed E-state index contributed by atoms with van der Waals surface area (Å²) in [6, 6.07) is 25.5. The van der Waals surface area contributed by atoms with Crippen LogP contribution in [0.25, 0.3) is 22.2 Å². The fraction of sp³-hybridized carbons (Fsp3) is 0.103. The zero-order valence-electron chi connectivity index (χ0n) is 19.9. The van der Waals surface area contributed by atoms with Gasteiger partial charge in [-0.2, -0.15) is 10.4 Å². The largest absolute Gasteiger partial charge is 0.508 e. The molecule has 5 rings (SSSR count). The summed E-state index contributed by atoms with van der Waals surface area (Å²) in [6.45, 7) is 4.31. The molecule has 0 spiro atoms. The lowest BCUT2D eigenvalue weighted by atomic mass is 10.0. The van der Waals surface area contributed by atoms with Gasteiger partial charge in [0.05, 0.1) is 52.0 Å². The van der Waals surface area contributed by atoms with Crippen LogP contribution in [-0.2, 0) is 6.54 Å². The molecule has 2 heterocycles. The molecule has 7 nitrogen and oxygen atoms in total. The minimum Gasteiger partial charge on any atom is -0.508 e. The van der Waals surface area contributed by atoms with E-state index in [1.807, 2.05) is 54.9 Å². The summed E-state index contributed by atoms with van der Waals surface area (Å²) in [5.41, 5.74) is 6.49. The van der Waals surface area contributed by atoms with E-state index in [2.05, 4.69) is 16.5 Å². The number of nitriles is 1. The number of carbonyl (C=O) groups excluding carboxylic acids is 1. The van der Waals surface area contributed by atoms with Crippen molar-refractivity contribution >= 4 is 22.5 Å². The third kappa shape index (κ3) is 4.40. The van der Waals surface area contributed by atoms with Crippen molar-refractivity contribution in [3.05, 3.63) is 107 Å². The maximum Gasteiger partial charge on any atom is 0.256 e. The molecule has 36 heavy (non-hydrogen) atoms. The van der Waals surface area contributed by atoms with Gasteiger partial charge in [-0.25, -0.2) is 4.98 Å². The fourth-order valence-corrected chi connectivity index (χ4v) is 4.21. The van der Waals surface area contributed by atoms with Crippen molar-refractivity contribution < 1.29 is 9.90 Å². The van der Waals surface area contributed by atoms with Gasteiger partial charge in [-0.3, -0.25) is 9.48 Å². The van der Waals surface area contributed by atoms with Gasteiger partial charge in [0.2, 0.25) is 0 Å². The summed E-state index contributed by atoms with van der Waals surface area (Å²) in [5.74, 6) is -0.0840. The zero-order valence-corrected chi connectivity index (χ0v) is 19.9. The number of hydrogen-bond donors (Lipinski definition) is 2. The van der Waals surface area contributed by atoms with Gasteiger partial charge in [0, 0.05) is 10.9 Å². The Morgan fingerprint density at radius 1 is 1.03 bits per heavy atom. The number of carbonyl (C=O) groups is 1. The number of hydrogen-bond acceptors (Lipinski definition) is 5. The third-order valence-electron chi connectivity index (χ3n) is 6.16. The maximum atomic E-state index is 13.6. The highest BCUT2D eigenvalue weighted by atomic mass is 16.3. The molecule has 0 bridgehead atoms. The second-order valence-electron chi connectivity index (χ2n) is 8.59. The summed E-state index contributed by atoms with van der Waals surface area (Å²) in [6.07, 6.45) is 0. The normalized spacial score (nSPS) is 10.8. The summed E-state index contributed by atoms with van der Waals surface area (Å²) >= 11 is 0. The minimum atomic E-state index is -0.252. The molecule has 2 N–H and O–H groups in total. The summed E-state index contributed by atoms with van der Waals surface area (Å²) in [5, 5.41) is 27.1. The van der Waals surface area contributed by atoms with Crippen LogP contribution in [0.15, 0.2) is 78.9 Å². The Kier molecular flexibility index (Phi) is 5.93. The van der Waals surface area contributed by atoms with Crippen molar-refractivity contribution in [2.24, 2.45) is 0 Å². The van der Waals surface area contributed by atoms with Crippen molar-refractivity contribution in [3.63, 3.8) is 0 Å². The molecule has 0 unspecified atom stereocenters. The number of nitrogens with one attached hydrogen (secondary N) is 1. The van der Waals surface area contributed by atoms with Crippen LogP contribution in [-0.4, -0.2) is 25.8 Å². The average Bonchev–Trinajstić information content (AvgIpc) is 3.16. The van der Waals surface area contributed by atoms with Crippen molar-refractivity contribution in [2.45, 2.75) is 20.4 Å². The van der Waals surface area contributed by atoms with E-state index in [0.29, 0.717) is 40.3 Å². The van der Waals surface area contributed by atoms with E-state index in [1.54, 1.807) is 42.5 Å². The molecular weight excluding hydrogens is 450 g/mol. The Bertz CT molecular complexity index is 1630. The molecule has 0 atom stereocenters. The topological polar surface area (TPSA) is 104 Å². The van der Waals surface area contributed by atoms with Gasteiger partial charge < -0.3 is 10.4 Å². The highest BCUT2D eigenvalue weighted by molar-refractivity contribution is 6.13. The molecular formula is C29H23N5O2. The van der Waals surface area contributed by atoms with Gasteiger partial charge >= 0.3 is 0 Å². The number of aromatic hydroxyl groups is 1.